The number of hydrogen-bond donors (Lipinski definition) is 1. The molecular weight excluding hydrogens is 299 g/mol. The zero-order chi connectivity index (χ0) is 14.7. The predicted octanol–water partition coefficient (Wildman–Crippen LogP) is 4.55. The lowest BCUT2D eigenvalue weighted by Gasteiger charge is -2.14. The van der Waals surface area contributed by atoms with Crippen LogP contribution in [0.25, 0.3) is 0 Å². The van der Waals surface area contributed by atoms with Crippen molar-refractivity contribution in [1.29, 1.82) is 0 Å². The molecule has 0 aliphatic carbocycles. The van der Waals surface area contributed by atoms with Crippen molar-refractivity contribution in [2.45, 2.75) is 20.0 Å². The Morgan fingerprint density at radius 2 is 1.85 bits per heavy atom. The van der Waals surface area contributed by atoms with Gasteiger partial charge < -0.3 is 15.2 Å². The number of halogens is 2. The minimum Gasteiger partial charge on any atom is -0.485 e. The van der Waals surface area contributed by atoms with Gasteiger partial charge in [0.05, 0.1) is 21.8 Å². The standard InChI is InChI=1S/C14H14Cl2N2O2/c1-8(2)19-12-4-3-5-18-14(12)20-13-7-10(16)9(15)6-11(13)17/h3-8H,17H2,1-2H3. The van der Waals surface area contributed by atoms with Gasteiger partial charge in [-0.25, -0.2) is 4.98 Å². The van der Waals surface area contributed by atoms with Crippen LogP contribution in [0, 0.1) is 0 Å². The summed E-state index contributed by atoms with van der Waals surface area (Å²) in [7, 11) is 0. The van der Waals surface area contributed by atoms with Crippen molar-refractivity contribution in [3.8, 4) is 17.4 Å². The molecule has 1 aromatic carbocycles. The fourth-order valence-electron chi connectivity index (χ4n) is 1.53. The highest BCUT2D eigenvalue weighted by Gasteiger charge is 2.12. The molecule has 106 valence electrons. The molecule has 2 rings (SSSR count). The van der Waals surface area contributed by atoms with E-state index in [2.05, 4.69) is 4.98 Å². The van der Waals surface area contributed by atoms with Crippen molar-refractivity contribution in [2.24, 2.45) is 0 Å². The van der Waals surface area contributed by atoms with E-state index in [-0.39, 0.29) is 6.10 Å². The topological polar surface area (TPSA) is 57.4 Å². The van der Waals surface area contributed by atoms with E-state index in [0.29, 0.717) is 33.1 Å². The van der Waals surface area contributed by atoms with E-state index in [1.165, 1.54) is 6.07 Å². The van der Waals surface area contributed by atoms with Gasteiger partial charge in [-0.15, -0.1) is 0 Å². The molecule has 2 aromatic rings. The van der Waals surface area contributed by atoms with Gasteiger partial charge in [-0.1, -0.05) is 23.2 Å². The maximum absolute atomic E-state index is 5.96. The van der Waals surface area contributed by atoms with Crippen molar-refractivity contribution in [3.05, 3.63) is 40.5 Å². The summed E-state index contributed by atoms with van der Waals surface area (Å²) < 4.78 is 11.3. The number of benzene rings is 1. The summed E-state index contributed by atoms with van der Waals surface area (Å²) in [6.07, 6.45) is 1.61. The first kappa shape index (κ1) is 14.8. The van der Waals surface area contributed by atoms with Crippen molar-refractivity contribution in [1.82, 2.24) is 4.98 Å². The van der Waals surface area contributed by atoms with Crippen LogP contribution in [0.2, 0.25) is 10.0 Å². The third kappa shape index (κ3) is 3.46. The number of anilines is 1. The molecule has 0 aliphatic heterocycles. The molecule has 0 fully saturated rings. The second-order valence-corrected chi connectivity index (χ2v) is 5.19. The fraction of sp³-hybridized carbons (Fsp3) is 0.214. The molecule has 1 aromatic heterocycles. The molecule has 0 amide bonds. The van der Waals surface area contributed by atoms with E-state index < -0.39 is 0 Å². The van der Waals surface area contributed by atoms with E-state index in [4.69, 9.17) is 38.4 Å². The predicted molar refractivity (Wildman–Crippen MR) is 80.9 cm³/mol. The molecule has 0 unspecified atom stereocenters. The summed E-state index contributed by atoms with van der Waals surface area (Å²) in [4.78, 5) is 4.14. The van der Waals surface area contributed by atoms with Gasteiger partial charge in [-0.3, -0.25) is 0 Å². The fourth-order valence-corrected chi connectivity index (χ4v) is 1.86. The largest absolute Gasteiger partial charge is 0.485 e. The number of nitrogens with two attached hydrogens (primary N) is 1. The van der Waals surface area contributed by atoms with E-state index in [0.717, 1.165) is 0 Å². The quantitative estimate of drug-likeness (QED) is 0.841. The second-order valence-electron chi connectivity index (χ2n) is 4.38. The van der Waals surface area contributed by atoms with Gasteiger partial charge in [0, 0.05) is 12.3 Å². The van der Waals surface area contributed by atoms with Crippen molar-refractivity contribution >= 4 is 28.9 Å². The first-order valence-corrected chi connectivity index (χ1v) is 6.77. The van der Waals surface area contributed by atoms with Crippen LogP contribution in [0.5, 0.6) is 17.4 Å². The first-order valence-electron chi connectivity index (χ1n) is 6.01. The molecule has 0 saturated heterocycles. The number of ether oxygens (including phenoxy) is 2. The van der Waals surface area contributed by atoms with Crippen LogP contribution in [-0.4, -0.2) is 11.1 Å². The Hall–Kier alpha value is -1.65. The molecule has 0 spiro atoms. The number of aromatic nitrogens is 1. The molecule has 0 atom stereocenters. The minimum absolute atomic E-state index is 0.00713. The minimum atomic E-state index is 0.00713. The Balaban J connectivity index is 2.33. The molecular formula is C14H14Cl2N2O2. The Kier molecular flexibility index (Phi) is 4.57. The van der Waals surface area contributed by atoms with Gasteiger partial charge in [-0.05, 0) is 32.0 Å². The number of nitrogen functional groups attached to an aromatic ring is 1. The normalized spacial score (nSPS) is 10.7. The highest BCUT2D eigenvalue weighted by Crippen LogP contribution is 2.37. The lowest BCUT2D eigenvalue weighted by molar-refractivity contribution is 0.231. The van der Waals surface area contributed by atoms with Gasteiger partial charge in [0.15, 0.2) is 11.5 Å². The van der Waals surface area contributed by atoms with Gasteiger partial charge in [-0.2, -0.15) is 0 Å². The zero-order valence-electron chi connectivity index (χ0n) is 11.1. The monoisotopic (exact) mass is 312 g/mol. The van der Waals surface area contributed by atoms with Crippen LogP contribution in [-0.2, 0) is 0 Å². The smallest absolute Gasteiger partial charge is 0.262 e. The third-order valence-corrected chi connectivity index (χ3v) is 3.08. The Labute approximate surface area is 127 Å². The average molecular weight is 313 g/mol. The second kappa shape index (κ2) is 6.20. The van der Waals surface area contributed by atoms with Gasteiger partial charge in [0.2, 0.25) is 0 Å². The summed E-state index contributed by atoms with van der Waals surface area (Å²) in [6, 6.07) is 6.62. The molecule has 1 heterocycles. The van der Waals surface area contributed by atoms with Gasteiger partial charge >= 0.3 is 0 Å². The third-order valence-electron chi connectivity index (χ3n) is 2.36. The molecule has 4 nitrogen and oxygen atoms in total. The summed E-state index contributed by atoms with van der Waals surface area (Å²) in [5.41, 5.74) is 6.23. The van der Waals surface area contributed by atoms with Crippen LogP contribution >= 0.6 is 23.2 Å². The lowest BCUT2D eigenvalue weighted by atomic mass is 10.3. The SMILES string of the molecule is CC(C)Oc1cccnc1Oc1cc(Cl)c(Cl)cc1N. The number of pyridine rings is 1. The Bertz CT molecular complexity index is 618. The molecule has 0 saturated carbocycles. The number of hydrogen-bond acceptors (Lipinski definition) is 4. The number of rotatable bonds is 4. The highest BCUT2D eigenvalue weighted by molar-refractivity contribution is 6.42. The Morgan fingerprint density at radius 1 is 1.15 bits per heavy atom. The Morgan fingerprint density at radius 3 is 2.55 bits per heavy atom. The summed E-state index contributed by atoms with van der Waals surface area (Å²) >= 11 is 11.8. The summed E-state index contributed by atoms with van der Waals surface area (Å²) in [5.74, 6) is 1.24. The molecule has 6 heteroatoms. The van der Waals surface area contributed by atoms with Crippen molar-refractivity contribution in [2.75, 3.05) is 5.73 Å². The maximum atomic E-state index is 5.96. The van der Waals surface area contributed by atoms with E-state index in [1.54, 1.807) is 24.4 Å². The van der Waals surface area contributed by atoms with Gasteiger partial charge in [0.1, 0.15) is 0 Å². The molecule has 0 radical (unpaired) electrons. The maximum Gasteiger partial charge on any atom is 0.262 e. The van der Waals surface area contributed by atoms with Crippen LogP contribution in [0.1, 0.15) is 13.8 Å². The van der Waals surface area contributed by atoms with Crippen molar-refractivity contribution in [3.63, 3.8) is 0 Å². The zero-order valence-corrected chi connectivity index (χ0v) is 12.6. The first-order chi connectivity index (χ1) is 9.47. The van der Waals surface area contributed by atoms with Crippen molar-refractivity contribution < 1.29 is 9.47 Å². The molecule has 0 aliphatic rings. The number of nitrogens with zero attached hydrogens (tertiary/aromatic N) is 1. The van der Waals surface area contributed by atoms with Crippen LogP contribution in [0.15, 0.2) is 30.5 Å². The van der Waals surface area contributed by atoms with Crippen LogP contribution in [0.3, 0.4) is 0 Å². The summed E-state index contributed by atoms with van der Waals surface area (Å²) in [6.45, 7) is 3.84. The molecule has 20 heavy (non-hydrogen) atoms. The van der Waals surface area contributed by atoms with E-state index in [9.17, 15) is 0 Å². The van der Waals surface area contributed by atoms with Gasteiger partial charge in [0.25, 0.3) is 5.88 Å². The highest BCUT2D eigenvalue weighted by atomic mass is 35.5. The summed E-state index contributed by atoms with van der Waals surface area (Å²) in [5, 5.41) is 0.731. The van der Waals surface area contributed by atoms with Crippen LogP contribution < -0.4 is 15.2 Å². The van der Waals surface area contributed by atoms with E-state index >= 15 is 0 Å². The molecule has 2 N–H and O–H groups in total. The van der Waals surface area contributed by atoms with E-state index in [1.807, 2.05) is 13.8 Å². The molecule has 0 bridgehead atoms. The van der Waals surface area contributed by atoms with Crippen LogP contribution in [0.4, 0.5) is 5.69 Å². The average Bonchev–Trinajstić information content (AvgIpc) is 2.37. The lowest BCUT2D eigenvalue weighted by Crippen LogP contribution is -2.07.